The minimum absolute atomic E-state index is 0.117. The SMILES string of the molecule is CCc1cc(=O)oc2cc(OC(C)C(=O)Nc3ccc(F)c(F)c3)ccc12. The predicted molar refractivity (Wildman–Crippen MR) is 96.9 cm³/mol. The van der Waals surface area contributed by atoms with Gasteiger partial charge in [0.25, 0.3) is 5.91 Å². The van der Waals surface area contributed by atoms with Crippen LogP contribution < -0.4 is 15.7 Å². The van der Waals surface area contributed by atoms with Crippen LogP contribution >= 0.6 is 0 Å². The Bertz CT molecular complexity index is 1060. The molecule has 0 saturated heterocycles. The number of carbonyl (C=O) groups excluding carboxylic acids is 1. The second-order valence-electron chi connectivity index (χ2n) is 5.98. The lowest BCUT2D eigenvalue weighted by Crippen LogP contribution is -2.30. The molecule has 1 unspecified atom stereocenters. The fourth-order valence-electron chi connectivity index (χ4n) is 2.65. The highest BCUT2D eigenvalue weighted by Gasteiger charge is 2.16. The van der Waals surface area contributed by atoms with Gasteiger partial charge in [-0.25, -0.2) is 13.6 Å². The molecule has 0 radical (unpaired) electrons. The van der Waals surface area contributed by atoms with Crippen molar-refractivity contribution < 1.29 is 22.7 Å². The highest BCUT2D eigenvalue weighted by atomic mass is 19.2. The predicted octanol–water partition coefficient (Wildman–Crippen LogP) is 4.04. The number of amides is 1. The summed E-state index contributed by atoms with van der Waals surface area (Å²) in [6.07, 6.45) is -0.244. The summed E-state index contributed by atoms with van der Waals surface area (Å²) in [6.45, 7) is 3.45. The van der Waals surface area contributed by atoms with Crippen molar-refractivity contribution in [2.45, 2.75) is 26.4 Å². The van der Waals surface area contributed by atoms with Crippen LogP contribution in [0, 0.1) is 11.6 Å². The Morgan fingerprint density at radius 1 is 1.15 bits per heavy atom. The van der Waals surface area contributed by atoms with Crippen molar-refractivity contribution in [3.8, 4) is 5.75 Å². The van der Waals surface area contributed by atoms with Crippen LogP contribution in [0.3, 0.4) is 0 Å². The molecular weight excluding hydrogens is 356 g/mol. The second-order valence-corrected chi connectivity index (χ2v) is 5.98. The van der Waals surface area contributed by atoms with Gasteiger partial charge in [-0.15, -0.1) is 0 Å². The van der Waals surface area contributed by atoms with Crippen molar-refractivity contribution in [2.24, 2.45) is 0 Å². The van der Waals surface area contributed by atoms with Gasteiger partial charge in [0.1, 0.15) is 11.3 Å². The Morgan fingerprint density at radius 3 is 2.63 bits per heavy atom. The minimum Gasteiger partial charge on any atom is -0.481 e. The molecule has 27 heavy (non-hydrogen) atoms. The van der Waals surface area contributed by atoms with Gasteiger partial charge in [-0.05, 0) is 43.2 Å². The van der Waals surface area contributed by atoms with Crippen molar-refractivity contribution in [1.29, 1.82) is 0 Å². The zero-order valence-electron chi connectivity index (χ0n) is 14.7. The van der Waals surface area contributed by atoms with E-state index in [4.69, 9.17) is 9.15 Å². The van der Waals surface area contributed by atoms with E-state index in [1.807, 2.05) is 6.92 Å². The van der Waals surface area contributed by atoms with Crippen LogP contribution in [0.15, 0.2) is 51.7 Å². The lowest BCUT2D eigenvalue weighted by molar-refractivity contribution is -0.122. The number of anilines is 1. The fraction of sp³-hybridized carbons (Fsp3) is 0.200. The molecule has 1 atom stereocenters. The number of rotatable bonds is 5. The van der Waals surface area contributed by atoms with Crippen LogP contribution in [-0.4, -0.2) is 12.0 Å². The van der Waals surface area contributed by atoms with Crippen LogP contribution in [0.2, 0.25) is 0 Å². The van der Waals surface area contributed by atoms with E-state index in [1.54, 1.807) is 12.1 Å². The number of hydrogen-bond donors (Lipinski definition) is 1. The standard InChI is InChI=1S/C20H17F2NO4/c1-3-12-8-19(24)27-18-10-14(5-6-15(12)18)26-11(2)20(25)23-13-4-7-16(21)17(22)9-13/h4-11H,3H2,1-2H3,(H,23,25). The van der Waals surface area contributed by atoms with E-state index in [0.717, 1.165) is 23.1 Å². The van der Waals surface area contributed by atoms with Gasteiger partial charge in [-0.3, -0.25) is 4.79 Å². The molecule has 1 heterocycles. The number of carbonyl (C=O) groups is 1. The van der Waals surface area contributed by atoms with Gasteiger partial charge >= 0.3 is 5.63 Å². The average molecular weight is 373 g/mol. The van der Waals surface area contributed by atoms with Gasteiger partial charge in [-0.1, -0.05) is 6.92 Å². The maximum absolute atomic E-state index is 13.2. The molecular formula is C20H17F2NO4. The smallest absolute Gasteiger partial charge is 0.336 e. The molecule has 1 amide bonds. The third kappa shape index (κ3) is 4.13. The lowest BCUT2D eigenvalue weighted by atomic mass is 10.1. The van der Waals surface area contributed by atoms with Crippen molar-refractivity contribution in [2.75, 3.05) is 5.32 Å². The third-order valence-electron chi connectivity index (χ3n) is 4.05. The Labute approximate surface area is 153 Å². The topological polar surface area (TPSA) is 68.5 Å². The molecule has 0 fully saturated rings. The summed E-state index contributed by atoms with van der Waals surface area (Å²) in [5.41, 5.74) is 0.883. The Hall–Kier alpha value is -3.22. The molecule has 7 heteroatoms. The van der Waals surface area contributed by atoms with Gasteiger partial charge < -0.3 is 14.5 Å². The van der Waals surface area contributed by atoms with Crippen molar-refractivity contribution in [1.82, 2.24) is 0 Å². The Kier molecular flexibility index (Phi) is 5.21. The lowest BCUT2D eigenvalue weighted by Gasteiger charge is -2.15. The number of aryl methyl sites for hydroxylation is 1. The average Bonchev–Trinajstić information content (AvgIpc) is 2.63. The van der Waals surface area contributed by atoms with Crippen LogP contribution in [0.1, 0.15) is 19.4 Å². The quantitative estimate of drug-likeness (QED) is 0.686. The largest absolute Gasteiger partial charge is 0.481 e. The molecule has 3 aromatic rings. The summed E-state index contributed by atoms with van der Waals surface area (Å²) in [4.78, 5) is 23.8. The number of halogens is 2. The zero-order valence-corrected chi connectivity index (χ0v) is 14.7. The van der Waals surface area contributed by atoms with Crippen molar-refractivity contribution in [3.05, 3.63) is 70.1 Å². The van der Waals surface area contributed by atoms with E-state index < -0.39 is 29.3 Å². The molecule has 0 bridgehead atoms. The molecule has 1 N–H and O–H groups in total. The van der Waals surface area contributed by atoms with Gasteiger partial charge in [0.15, 0.2) is 17.7 Å². The zero-order chi connectivity index (χ0) is 19.6. The molecule has 3 rings (SSSR count). The minimum atomic E-state index is -1.06. The van der Waals surface area contributed by atoms with E-state index in [9.17, 15) is 18.4 Å². The molecule has 0 spiro atoms. The van der Waals surface area contributed by atoms with Gasteiger partial charge in [0.05, 0.1) is 0 Å². The summed E-state index contributed by atoms with van der Waals surface area (Å²) in [5, 5.41) is 3.25. The van der Waals surface area contributed by atoms with E-state index in [2.05, 4.69) is 5.32 Å². The van der Waals surface area contributed by atoms with Crippen LogP contribution in [0.5, 0.6) is 5.75 Å². The summed E-state index contributed by atoms with van der Waals surface area (Å²) in [7, 11) is 0. The summed E-state index contributed by atoms with van der Waals surface area (Å²) < 4.78 is 37.0. The van der Waals surface area contributed by atoms with Crippen molar-refractivity contribution >= 4 is 22.6 Å². The molecule has 5 nitrogen and oxygen atoms in total. The number of benzene rings is 2. The molecule has 2 aromatic carbocycles. The second kappa shape index (κ2) is 7.57. The maximum Gasteiger partial charge on any atom is 0.336 e. The highest BCUT2D eigenvalue weighted by Crippen LogP contribution is 2.24. The number of fused-ring (bicyclic) bond motifs is 1. The Morgan fingerprint density at radius 2 is 1.93 bits per heavy atom. The number of hydrogen-bond acceptors (Lipinski definition) is 4. The van der Waals surface area contributed by atoms with Crippen molar-refractivity contribution in [3.63, 3.8) is 0 Å². The number of nitrogens with one attached hydrogen (secondary N) is 1. The molecule has 140 valence electrons. The van der Waals surface area contributed by atoms with Gasteiger partial charge in [0.2, 0.25) is 0 Å². The van der Waals surface area contributed by atoms with Crippen LogP contribution in [-0.2, 0) is 11.2 Å². The van der Waals surface area contributed by atoms with Crippen LogP contribution in [0.25, 0.3) is 11.0 Å². The first kappa shape index (κ1) is 18.6. The van der Waals surface area contributed by atoms with Gasteiger partial charge in [0, 0.05) is 29.3 Å². The normalized spacial score (nSPS) is 12.0. The first-order chi connectivity index (χ1) is 12.9. The molecule has 0 aliphatic rings. The third-order valence-corrected chi connectivity index (χ3v) is 4.05. The molecule has 0 aliphatic carbocycles. The fourth-order valence-corrected chi connectivity index (χ4v) is 2.65. The summed E-state index contributed by atoms with van der Waals surface area (Å²) >= 11 is 0. The molecule has 0 saturated carbocycles. The van der Waals surface area contributed by atoms with Gasteiger partial charge in [-0.2, -0.15) is 0 Å². The maximum atomic E-state index is 13.2. The molecule has 0 aliphatic heterocycles. The highest BCUT2D eigenvalue weighted by molar-refractivity contribution is 5.94. The van der Waals surface area contributed by atoms with E-state index in [1.165, 1.54) is 25.1 Å². The first-order valence-electron chi connectivity index (χ1n) is 8.36. The Balaban J connectivity index is 1.76. The number of ether oxygens (including phenoxy) is 1. The van der Waals surface area contributed by atoms with E-state index in [0.29, 0.717) is 17.8 Å². The summed E-state index contributed by atoms with van der Waals surface area (Å²) in [5.74, 6) is -2.25. The van der Waals surface area contributed by atoms with Crippen LogP contribution in [0.4, 0.5) is 14.5 Å². The molecule has 1 aromatic heterocycles. The van der Waals surface area contributed by atoms with E-state index in [-0.39, 0.29) is 5.69 Å². The van der Waals surface area contributed by atoms with E-state index >= 15 is 0 Å². The first-order valence-corrected chi connectivity index (χ1v) is 8.36. The summed E-state index contributed by atoms with van der Waals surface area (Å²) in [6, 6.07) is 9.47. The monoisotopic (exact) mass is 373 g/mol.